The van der Waals surface area contributed by atoms with Crippen LogP contribution in [0.25, 0.3) is 0 Å². The van der Waals surface area contributed by atoms with E-state index >= 15 is 0 Å². The Kier molecular flexibility index (Phi) is 8.19. The maximum atomic E-state index is 12.8. The van der Waals surface area contributed by atoms with Crippen LogP contribution >= 0.6 is 11.6 Å². The van der Waals surface area contributed by atoms with E-state index in [1.807, 2.05) is 0 Å². The zero-order valence-electron chi connectivity index (χ0n) is 16.8. The van der Waals surface area contributed by atoms with E-state index in [9.17, 15) is 32.3 Å². The van der Waals surface area contributed by atoms with Crippen molar-refractivity contribution in [1.82, 2.24) is 0 Å². The molecule has 0 fully saturated rings. The number of esters is 1. The Balaban J connectivity index is 1.93. The second-order valence-electron chi connectivity index (χ2n) is 6.52. The molecule has 12 heteroatoms. The molecule has 0 aliphatic heterocycles. The molecule has 2 amide bonds. The largest absolute Gasteiger partial charge is 0.478 e. The average molecular weight is 485 g/mol. The monoisotopic (exact) mass is 484 g/mol. The van der Waals surface area contributed by atoms with Crippen molar-refractivity contribution in [2.24, 2.45) is 0 Å². The van der Waals surface area contributed by atoms with Gasteiger partial charge in [0, 0.05) is 17.3 Å². The minimum absolute atomic E-state index is 0.0233. The molecule has 0 atom stereocenters. The highest BCUT2D eigenvalue weighted by Gasteiger charge is 2.31. The molecular formula is C21H16ClF3N2O6. The summed E-state index contributed by atoms with van der Waals surface area (Å²) in [5.74, 6) is -3.74. The lowest BCUT2D eigenvalue weighted by atomic mass is 10.2. The summed E-state index contributed by atoms with van der Waals surface area (Å²) in [5, 5.41) is 13.2. The highest BCUT2D eigenvalue weighted by Crippen LogP contribution is 2.33. The molecule has 0 unspecified atom stereocenters. The number of aliphatic carboxylic acids is 1. The summed E-state index contributed by atoms with van der Waals surface area (Å²) in [7, 11) is 0. The summed E-state index contributed by atoms with van der Waals surface area (Å²) in [6.45, 7) is 0.460. The zero-order valence-corrected chi connectivity index (χ0v) is 17.6. The van der Waals surface area contributed by atoms with Gasteiger partial charge >= 0.3 is 18.1 Å². The Morgan fingerprint density at radius 2 is 1.70 bits per heavy atom. The summed E-state index contributed by atoms with van der Waals surface area (Å²) in [5.41, 5.74) is -1.18. The fourth-order valence-electron chi connectivity index (χ4n) is 2.32. The van der Waals surface area contributed by atoms with Gasteiger partial charge in [-0.2, -0.15) is 13.2 Å². The molecule has 0 bridgehead atoms. The van der Waals surface area contributed by atoms with Gasteiger partial charge in [-0.25, -0.2) is 9.59 Å². The van der Waals surface area contributed by atoms with Crippen LogP contribution < -0.4 is 10.6 Å². The van der Waals surface area contributed by atoms with Gasteiger partial charge in [0.1, 0.15) is 0 Å². The van der Waals surface area contributed by atoms with Crippen molar-refractivity contribution in [2.45, 2.75) is 13.1 Å². The highest BCUT2D eigenvalue weighted by molar-refractivity contribution is 6.33. The van der Waals surface area contributed by atoms with Crippen molar-refractivity contribution in [3.05, 3.63) is 70.3 Å². The number of ether oxygens (including phenoxy) is 1. The molecule has 0 aromatic heterocycles. The lowest BCUT2D eigenvalue weighted by molar-refractivity contribution is -0.137. The molecular weight excluding hydrogens is 469 g/mol. The van der Waals surface area contributed by atoms with E-state index in [0.29, 0.717) is 6.07 Å². The first-order valence-electron chi connectivity index (χ1n) is 9.03. The number of hydrogen-bond donors (Lipinski definition) is 3. The van der Waals surface area contributed by atoms with Crippen molar-refractivity contribution in [3.8, 4) is 0 Å². The SMILES string of the molecule is CC(=CC(=O)Nc1ccc(C(=O)OCC(=O)Nc2cc(C(F)(F)F)ccc2Cl)cc1)C(=O)O. The minimum Gasteiger partial charge on any atom is -0.478 e. The summed E-state index contributed by atoms with van der Waals surface area (Å²) >= 11 is 5.79. The van der Waals surface area contributed by atoms with Crippen LogP contribution in [0.5, 0.6) is 0 Å². The van der Waals surface area contributed by atoms with Gasteiger partial charge in [-0.15, -0.1) is 0 Å². The zero-order chi connectivity index (χ0) is 24.8. The van der Waals surface area contributed by atoms with E-state index in [1.54, 1.807) is 0 Å². The Morgan fingerprint density at radius 1 is 1.06 bits per heavy atom. The maximum absolute atomic E-state index is 12.8. The number of carboxylic acid groups (broad SMARTS) is 1. The number of carboxylic acids is 1. The molecule has 33 heavy (non-hydrogen) atoms. The number of carbonyl (C=O) groups is 4. The third-order valence-corrected chi connectivity index (χ3v) is 4.30. The number of rotatable bonds is 7. The average Bonchev–Trinajstić information content (AvgIpc) is 2.73. The Bertz CT molecular complexity index is 1110. The second-order valence-corrected chi connectivity index (χ2v) is 6.92. The van der Waals surface area contributed by atoms with E-state index in [2.05, 4.69) is 10.6 Å². The van der Waals surface area contributed by atoms with E-state index in [1.165, 1.54) is 31.2 Å². The summed E-state index contributed by atoms with van der Waals surface area (Å²) in [6.07, 6.45) is -3.74. The van der Waals surface area contributed by atoms with Gasteiger partial charge in [-0.1, -0.05) is 11.6 Å². The summed E-state index contributed by atoms with van der Waals surface area (Å²) < 4.78 is 43.2. The number of carbonyl (C=O) groups excluding carboxylic acids is 3. The van der Waals surface area contributed by atoms with Crippen LogP contribution in [-0.4, -0.2) is 35.5 Å². The first kappa shape index (κ1) is 25.4. The molecule has 174 valence electrons. The molecule has 0 saturated carbocycles. The molecule has 2 aromatic rings. The highest BCUT2D eigenvalue weighted by atomic mass is 35.5. The van der Waals surface area contributed by atoms with Crippen LogP contribution in [0.3, 0.4) is 0 Å². The third kappa shape index (κ3) is 7.65. The molecule has 2 rings (SSSR count). The van der Waals surface area contributed by atoms with Crippen molar-refractivity contribution in [3.63, 3.8) is 0 Å². The van der Waals surface area contributed by atoms with Gasteiger partial charge in [0.2, 0.25) is 5.91 Å². The van der Waals surface area contributed by atoms with Gasteiger partial charge in [-0.3, -0.25) is 9.59 Å². The first-order valence-corrected chi connectivity index (χ1v) is 9.41. The van der Waals surface area contributed by atoms with Gasteiger partial charge < -0.3 is 20.5 Å². The number of amides is 2. The Hall–Kier alpha value is -3.86. The van der Waals surface area contributed by atoms with E-state index < -0.39 is 42.1 Å². The maximum Gasteiger partial charge on any atom is 0.416 e. The predicted molar refractivity (Wildman–Crippen MR) is 112 cm³/mol. The first-order chi connectivity index (χ1) is 15.4. The molecule has 0 aliphatic rings. The number of nitrogens with one attached hydrogen (secondary N) is 2. The second kappa shape index (κ2) is 10.6. The molecule has 2 aromatic carbocycles. The smallest absolute Gasteiger partial charge is 0.416 e. The van der Waals surface area contributed by atoms with E-state index in [0.717, 1.165) is 18.2 Å². The summed E-state index contributed by atoms with van der Waals surface area (Å²) in [4.78, 5) is 46.4. The van der Waals surface area contributed by atoms with Crippen molar-refractivity contribution < 1.29 is 42.2 Å². The molecule has 0 radical (unpaired) electrons. The quantitative estimate of drug-likeness (QED) is 0.401. The van der Waals surface area contributed by atoms with Crippen LogP contribution in [0.15, 0.2) is 54.1 Å². The van der Waals surface area contributed by atoms with Crippen molar-refractivity contribution in [1.29, 1.82) is 0 Å². The standard InChI is InChI=1S/C21H16ClF3N2O6/c1-11(19(30)31)8-17(28)26-14-5-2-12(3-6-14)20(32)33-10-18(29)27-16-9-13(21(23,24)25)4-7-15(16)22/h2-9H,10H2,1H3,(H,26,28)(H,27,29)(H,30,31). The van der Waals surface area contributed by atoms with Crippen LogP contribution in [0.1, 0.15) is 22.8 Å². The molecule has 8 nitrogen and oxygen atoms in total. The van der Waals surface area contributed by atoms with Crippen LogP contribution in [-0.2, 0) is 25.3 Å². The van der Waals surface area contributed by atoms with Gasteiger partial charge in [-0.05, 0) is 49.4 Å². The number of alkyl halides is 3. The minimum atomic E-state index is -4.63. The number of benzene rings is 2. The molecule has 3 N–H and O–H groups in total. The number of anilines is 2. The molecule has 0 spiro atoms. The molecule has 0 heterocycles. The third-order valence-electron chi connectivity index (χ3n) is 3.98. The van der Waals surface area contributed by atoms with Crippen LogP contribution in [0, 0.1) is 0 Å². The lowest BCUT2D eigenvalue weighted by Crippen LogP contribution is -2.21. The normalized spacial score (nSPS) is 11.5. The van der Waals surface area contributed by atoms with Crippen LogP contribution in [0.2, 0.25) is 5.02 Å². The topological polar surface area (TPSA) is 122 Å². The lowest BCUT2D eigenvalue weighted by Gasteiger charge is -2.12. The van der Waals surface area contributed by atoms with Crippen molar-refractivity contribution >= 4 is 46.7 Å². The molecule has 0 saturated heterocycles. The molecule has 0 aliphatic carbocycles. The Labute approximate surface area is 190 Å². The Morgan fingerprint density at radius 3 is 2.27 bits per heavy atom. The number of hydrogen-bond acceptors (Lipinski definition) is 5. The van der Waals surface area contributed by atoms with Gasteiger partial charge in [0.15, 0.2) is 6.61 Å². The van der Waals surface area contributed by atoms with Crippen LogP contribution in [0.4, 0.5) is 24.5 Å². The van der Waals surface area contributed by atoms with Gasteiger partial charge in [0.05, 0.1) is 21.8 Å². The van der Waals surface area contributed by atoms with E-state index in [4.69, 9.17) is 21.4 Å². The predicted octanol–water partition coefficient (Wildman–Crippen LogP) is 4.12. The fourth-order valence-corrected chi connectivity index (χ4v) is 2.49. The number of halogens is 4. The van der Waals surface area contributed by atoms with E-state index in [-0.39, 0.29) is 27.5 Å². The summed E-state index contributed by atoms with van der Waals surface area (Å²) in [6, 6.07) is 7.66. The van der Waals surface area contributed by atoms with Crippen molar-refractivity contribution in [2.75, 3.05) is 17.2 Å². The fraction of sp³-hybridized carbons (Fsp3) is 0.143. The van der Waals surface area contributed by atoms with Gasteiger partial charge in [0.25, 0.3) is 5.91 Å².